The lowest BCUT2D eigenvalue weighted by Crippen LogP contribution is -2.09. The van der Waals surface area contributed by atoms with Crippen molar-refractivity contribution in [3.8, 4) is 0 Å². The quantitative estimate of drug-likeness (QED) is 0.147. The van der Waals surface area contributed by atoms with Crippen LogP contribution < -0.4 is 0 Å². The van der Waals surface area contributed by atoms with Crippen LogP contribution in [0.1, 0.15) is 111 Å². The van der Waals surface area contributed by atoms with Crippen molar-refractivity contribution in [2.75, 3.05) is 24.6 Å². The Hall–Kier alpha value is -0.630. The van der Waals surface area contributed by atoms with Crippen LogP contribution in [-0.2, 0) is 9.59 Å². The van der Waals surface area contributed by atoms with Gasteiger partial charge in [-0.1, -0.05) is 77.6 Å². The maximum atomic E-state index is 9.10. The molecule has 28 heavy (non-hydrogen) atoms. The minimum absolute atomic E-state index is 0.521. The Kier molecular flexibility index (Phi) is 22.3. The summed E-state index contributed by atoms with van der Waals surface area (Å²) in [5, 5.41) is 14.8. The van der Waals surface area contributed by atoms with E-state index in [0.717, 1.165) is 0 Å². The van der Waals surface area contributed by atoms with Gasteiger partial charge in [-0.2, -0.15) is 0 Å². The van der Waals surface area contributed by atoms with Gasteiger partial charge >= 0.3 is 11.9 Å². The number of hydrogen-bond acceptors (Lipinski definition) is 2. The Labute approximate surface area is 175 Å². The Bertz CT molecular complexity index is 347. The van der Waals surface area contributed by atoms with Crippen LogP contribution in [0, 0.1) is 0 Å². The first-order valence-electron chi connectivity index (χ1n) is 11.7. The van der Waals surface area contributed by atoms with E-state index in [1.807, 2.05) is 0 Å². The minimum atomic E-state index is -1.82. The van der Waals surface area contributed by atoms with Gasteiger partial charge in [0.2, 0.25) is 0 Å². The van der Waals surface area contributed by atoms with E-state index in [9.17, 15) is 0 Å². The summed E-state index contributed by atoms with van der Waals surface area (Å²) >= 11 is 0. The fraction of sp³-hybridized carbons (Fsp3) is 0.913. The van der Waals surface area contributed by atoms with Crippen LogP contribution >= 0.6 is 7.26 Å². The number of aliphatic carboxylic acids is 2. The zero-order valence-corrected chi connectivity index (χ0v) is 20.1. The number of unbranched alkanes of at least 4 members (excludes halogenated alkanes) is 12. The van der Waals surface area contributed by atoms with E-state index in [0.29, 0.717) is 0 Å². The smallest absolute Gasteiger partial charge is 0.414 e. The van der Waals surface area contributed by atoms with E-state index in [1.165, 1.54) is 102 Å². The molecule has 0 bridgehead atoms. The third kappa shape index (κ3) is 18.7. The molecule has 0 aliphatic heterocycles. The van der Waals surface area contributed by atoms with Gasteiger partial charge in [-0.25, -0.2) is 9.59 Å². The SMILES string of the molecule is CCCCCCCCCCCCCCC[P+](CC)(CC)CC.O=C(O)C(=O)O. The Morgan fingerprint density at radius 2 is 0.821 bits per heavy atom. The first-order chi connectivity index (χ1) is 13.4. The van der Waals surface area contributed by atoms with Crippen molar-refractivity contribution in [2.45, 2.75) is 111 Å². The molecular formula is C23H48O4P+. The zero-order chi connectivity index (χ0) is 21.7. The molecule has 5 heteroatoms. The predicted molar refractivity (Wildman–Crippen MR) is 124 cm³/mol. The van der Waals surface area contributed by atoms with E-state index in [-0.39, 0.29) is 0 Å². The second-order valence-corrected chi connectivity index (χ2v) is 12.9. The zero-order valence-electron chi connectivity index (χ0n) is 19.2. The predicted octanol–water partition coefficient (Wildman–Crippen LogP) is 7.31. The van der Waals surface area contributed by atoms with E-state index < -0.39 is 19.2 Å². The fourth-order valence-corrected chi connectivity index (χ4v) is 6.79. The number of rotatable bonds is 17. The maximum absolute atomic E-state index is 9.10. The monoisotopic (exact) mass is 419 g/mol. The molecule has 0 atom stereocenters. The highest BCUT2D eigenvalue weighted by atomic mass is 31.2. The average molecular weight is 420 g/mol. The Morgan fingerprint density at radius 3 is 1.07 bits per heavy atom. The van der Waals surface area contributed by atoms with Crippen LogP contribution in [0.2, 0.25) is 0 Å². The van der Waals surface area contributed by atoms with Crippen molar-refractivity contribution in [1.29, 1.82) is 0 Å². The third-order valence-electron chi connectivity index (χ3n) is 5.93. The Balaban J connectivity index is 0. The van der Waals surface area contributed by atoms with Gasteiger partial charge in [0.05, 0.1) is 24.6 Å². The van der Waals surface area contributed by atoms with Gasteiger partial charge in [0.15, 0.2) is 0 Å². The molecule has 0 amide bonds. The van der Waals surface area contributed by atoms with E-state index in [2.05, 4.69) is 27.7 Å². The molecule has 0 heterocycles. The second-order valence-electron chi connectivity index (χ2n) is 7.87. The fourth-order valence-electron chi connectivity index (χ4n) is 3.61. The summed E-state index contributed by atoms with van der Waals surface area (Å²) in [6, 6.07) is 0. The van der Waals surface area contributed by atoms with Crippen molar-refractivity contribution in [3.63, 3.8) is 0 Å². The molecule has 0 fully saturated rings. The average Bonchev–Trinajstić information content (AvgIpc) is 2.69. The van der Waals surface area contributed by atoms with Crippen molar-refractivity contribution < 1.29 is 19.8 Å². The van der Waals surface area contributed by atoms with Crippen LogP contribution in [0.15, 0.2) is 0 Å². The number of carboxylic acids is 2. The second kappa shape index (κ2) is 21.1. The van der Waals surface area contributed by atoms with Gasteiger partial charge in [0.1, 0.15) is 0 Å². The molecule has 0 unspecified atom stereocenters. The molecule has 0 aliphatic carbocycles. The molecule has 0 saturated heterocycles. The minimum Gasteiger partial charge on any atom is -0.473 e. The van der Waals surface area contributed by atoms with E-state index >= 15 is 0 Å². The van der Waals surface area contributed by atoms with Crippen LogP contribution in [-0.4, -0.2) is 46.8 Å². The standard InChI is InChI=1S/C21H46P.C2H2O4/c1-5-9-10-11-12-13-14-15-16-17-18-19-20-21-22(6-2,7-3)8-4;3-1(4)2(5)6/h5-21H2,1-4H3;(H,3,4)(H,5,6)/q+1;. The topological polar surface area (TPSA) is 74.6 Å². The molecule has 0 spiro atoms. The largest absolute Gasteiger partial charge is 0.473 e. The molecule has 2 N–H and O–H groups in total. The number of carboxylic acid groups (broad SMARTS) is 2. The highest BCUT2D eigenvalue weighted by Gasteiger charge is 2.29. The molecule has 0 saturated carbocycles. The number of carbonyl (C=O) groups is 2. The highest BCUT2D eigenvalue weighted by molar-refractivity contribution is 7.75. The molecular weight excluding hydrogens is 371 g/mol. The maximum Gasteiger partial charge on any atom is 0.414 e. The van der Waals surface area contributed by atoms with Gasteiger partial charge in [-0.3, -0.25) is 0 Å². The lowest BCUT2D eigenvalue weighted by Gasteiger charge is -2.23. The molecule has 0 aliphatic rings. The van der Waals surface area contributed by atoms with Crippen LogP contribution in [0.3, 0.4) is 0 Å². The summed E-state index contributed by atoms with van der Waals surface area (Å²) in [5.74, 6) is -3.65. The van der Waals surface area contributed by atoms with Gasteiger partial charge in [0.25, 0.3) is 0 Å². The molecule has 0 radical (unpaired) electrons. The van der Waals surface area contributed by atoms with Crippen molar-refractivity contribution in [3.05, 3.63) is 0 Å². The molecule has 0 aromatic rings. The summed E-state index contributed by atoms with van der Waals surface area (Å²) in [6.07, 6.45) is 25.2. The third-order valence-corrected chi connectivity index (χ3v) is 11.2. The van der Waals surface area contributed by atoms with Crippen molar-refractivity contribution >= 4 is 19.2 Å². The molecule has 168 valence electrons. The lowest BCUT2D eigenvalue weighted by atomic mass is 10.1. The molecule has 0 rings (SSSR count). The highest BCUT2D eigenvalue weighted by Crippen LogP contribution is 2.58. The lowest BCUT2D eigenvalue weighted by molar-refractivity contribution is -0.159. The molecule has 0 aromatic carbocycles. The van der Waals surface area contributed by atoms with Crippen molar-refractivity contribution in [1.82, 2.24) is 0 Å². The molecule has 0 aromatic heterocycles. The van der Waals surface area contributed by atoms with E-state index in [4.69, 9.17) is 19.8 Å². The normalized spacial score (nSPS) is 11.0. The summed E-state index contributed by atoms with van der Waals surface area (Å²) in [6.45, 7) is 9.60. The summed E-state index contributed by atoms with van der Waals surface area (Å²) in [5.41, 5.74) is 0. The number of hydrogen-bond donors (Lipinski definition) is 2. The van der Waals surface area contributed by atoms with Gasteiger partial charge < -0.3 is 10.2 Å². The summed E-state index contributed by atoms with van der Waals surface area (Å²) < 4.78 is 0. The van der Waals surface area contributed by atoms with Crippen LogP contribution in [0.5, 0.6) is 0 Å². The van der Waals surface area contributed by atoms with Crippen LogP contribution in [0.25, 0.3) is 0 Å². The van der Waals surface area contributed by atoms with Gasteiger partial charge in [-0.05, 0) is 33.6 Å². The van der Waals surface area contributed by atoms with Crippen LogP contribution in [0.4, 0.5) is 0 Å². The van der Waals surface area contributed by atoms with E-state index in [1.54, 1.807) is 6.16 Å². The van der Waals surface area contributed by atoms with Crippen molar-refractivity contribution in [2.24, 2.45) is 0 Å². The van der Waals surface area contributed by atoms with Gasteiger partial charge in [0, 0.05) is 7.26 Å². The van der Waals surface area contributed by atoms with Gasteiger partial charge in [-0.15, -0.1) is 0 Å². The Morgan fingerprint density at radius 1 is 0.536 bits per heavy atom. The molecule has 4 nitrogen and oxygen atoms in total. The first kappa shape index (κ1) is 29.6. The summed E-state index contributed by atoms with van der Waals surface area (Å²) in [7, 11) is -0.521. The summed E-state index contributed by atoms with van der Waals surface area (Å²) in [4.78, 5) is 18.2. The first-order valence-corrected chi connectivity index (χ1v) is 14.2.